The van der Waals surface area contributed by atoms with Crippen molar-refractivity contribution in [1.82, 2.24) is 10.6 Å². The second kappa shape index (κ2) is 12.0. The highest BCUT2D eigenvalue weighted by atomic mass is 16.2. The van der Waals surface area contributed by atoms with Crippen LogP contribution in [-0.2, 0) is 19.2 Å². The van der Waals surface area contributed by atoms with E-state index in [2.05, 4.69) is 15.6 Å². The topological polar surface area (TPSA) is 183 Å². The Morgan fingerprint density at radius 1 is 1.09 bits per heavy atom. The molecule has 0 bridgehead atoms. The molecule has 0 rings (SSSR count). The lowest BCUT2D eigenvalue weighted by molar-refractivity contribution is -0.128. The lowest BCUT2D eigenvalue weighted by Crippen LogP contribution is -2.48. The fourth-order valence-corrected chi connectivity index (χ4v) is 1.65. The molecule has 1 unspecified atom stereocenters. The Hall–Kier alpha value is -2.65. The maximum Gasteiger partial charge on any atom is 0.240 e. The summed E-state index contributed by atoms with van der Waals surface area (Å²) in [5.74, 6) is -1.60. The predicted octanol–water partition coefficient (Wildman–Crippen LogP) is -2.50. The number of carbonyl (C=O) groups is 4. The first-order valence-corrected chi connectivity index (χ1v) is 7.21. The maximum absolute atomic E-state index is 11.7. The van der Waals surface area contributed by atoms with Crippen LogP contribution in [0.15, 0.2) is 4.99 Å². The van der Waals surface area contributed by atoms with E-state index >= 15 is 0 Å². The van der Waals surface area contributed by atoms with Gasteiger partial charge in [-0.3, -0.25) is 19.4 Å². The van der Waals surface area contributed by atoms with E-state index in [-0.39, 0.29) is 31.3 Å². The lowest BCUT2D eigenvalue weighted by Gasteiger charge is -2.15. The number of nitrogens with one attached hydrogen (secondary N) is 2. The fourth-order valence-electron chi connectivity index (χ4n) is 1.65. The van der Waals surface area contributed by atoms with Gasteiger partial charge < -0.3 is 32.6 Å². The molecule has 10 nitrogen and oxygen atoms in total. The minimum absolute atomic E-state index is 0.0537. The van der Waals surface area contributed by atoms with Crippen molar-refractivity contribution in [1.29, 1.82) is 0 Å². The number of hydrogen-bond acceptors (Lipinski definition) is 5. The van der Waals surface area contributed by atoms with Crippen molar-refractivity contribution in [3.05, 3.63) is 0 Å². The number of hydrogen-bond donors (Lipinski definition) is 5. The molecular weight excluding hydrogens is 304 g/mol. The molecule has 10 heteroatoms. The zero-order valence-corrected chi connectivity index (χ0v) is 12.9. The summed E-state index contributed by atoms with van der Waals surface area (Å²) in [7, 11) is 0. The summed E-state index contributed by atoms with van der Waals surface area (Å²) in [6.45, 7) is 0.0487. The maximum atomic E-state index is 11.7. The number of unbranched alkanes of at least 4 members (excludes halogenated alkanes) is 1. The van der Waals surface area contributed by atoms with E-state index in [4.69, 9.17) is 17.2 Å². The van der Waals surface area contributed by atoms with Crippen LogP contribution in [0.25, 0.3) is 0 Å². The minimum atomic E-state index is -0.858. The molecule has 130 valence electrons. The largest absolute Gasteiger partial charge is 0.370 e. The van der Waals surface area contributed by atoms with E-state index in [0.29, 0.717) is 25.8 Å². The lowest BCUT2D eigenvalue weighted by atomic mass is 10.1. The van der Waals surface area contributed by atoms with Gasteiger partial charge in [-0.2, -0.15) is 0 Å². The number of carbonyl (C=O) groups excluding carboxylic acids is 4. The summed E-state index contributed by atoms with van der Waals surface area (Å²) in [6.07, 6.45) is 2.34. The van der Waals surface area contributed by atoms with Crippen molar-refractivity contribution in [3.8, 4) is 0 Å². The van der Waals surface area contributed by atoms with Crippen LogP contribution >= 0.6 is 0 Å². The molecule has 0 aromatic heterocycles. The van der Waals surface area contributed by atoms with Crippen LogP contribution in [0, 0.1) is 0 Å². The number of nitrogens with zero attached hydrogens (tertiary/aromatic N) is 1. The first-order chi connectivity index (χ1) is 10.9. The van der Waals surface area contributed by atoms with E-state index in [9.17, 15) is 19.2 Å². The van der Waals surface area contributed by atoms with Gasteiger partial charge in [0.1, 0.15) is 12.3 Å². The summed E-state index contributed by atoms with van der Waals surface area (Å²) in [5.41, 5.74) is 15.5. The fraction of sp³-hybridized carbons (Fsp3) is 0.615. The average molecular weight is 328 g/mol. The number of aliphatic imine (C=N–C) groups is 1. The Morgan fingerprint density at radius 3 is 2.35 bits per heavy atom. The average Bonchev–Trinajstić information content (AvgIpc) is 2.48. The summed E-state index contributed by atoms with van der Waals surface area (Å²) < 4.78 is 0. The third-order valence-electron chi connectivity index (χ3n) is 2.80. The Kier molecular flexibility index (Phi) is 10.6. The highest BCUT2D eigenvalue weighted by molar-refractivity contribution is 5.89. The standard InChI is InChI=1S/C13H24N6O4/c14-12(23)9(4-3-6-17-13(15)16)19-11(22)8-18-10(21)5-1-2-7-20/h7,9H,1-6,8H2,(H2,14,23)(H,18,21)(H,19,22)(H4,15,16,17). The molecule has 0 aliphatic heterocycles. The van der Waals surface area contributed by atoms with Gasteiger partial charge in [0.25, 0.3) is 0 Å². The van der Waals surface area contributed by atoms with Gasteiger partial charge in [0.2, 0.25) is 17.7 Å². The number of aldehydes is 1. The zero-order valence-electron chi connectivity index (χ0n) is 12.9. The Labute approximate surface area is 134 Å². The molecule has 8 N–H and O–H groups in total. The number of nitrogens with two attached hydrogens (primary N) is 3. The van der Waals surface area contributed by atoms with Crippen molar-refractivity contribution >= 4 is 30.0 Å². The molecule has 0 radical (unpaired) electrons. The SMILES string of the molecule is NC(=O)C(CCCN=C(N)N)NC(=O)CNC(=O)CCCC=O. The van der Waals surface area contributed by atoms with E-state index in [1.807, 2.05) is 0 Å². The third kappa shape index (κ3) is 11.7. The first-order valence-electron chi connectivity index (χ1n) is 7.21. The normalized spacial score (nSPS) is 11.1. The van der Waals surface area contributed by atoms with Crippen molar-refractivity contribution in [2.45, 2.75) is 38.1 Å². The van der Waals surface area contributed by atoms with Gasteiger partial charge in [-0.25, -0.2) is 0 Å². The third-order valence-corrected chi connectivity index (χ3v) is 2.80. The van der Waals surface area contributed by atoms with Crippen LogP contribution in [0.5, 0.6) is 0 Å². The Bertz CT molecular complexity index is 448. The van der Waals surface area contributed by atoms with Crippen molar-refractivity contribution in [2.75, 3.05) is 13.1 Å². The highest BCUT2D eigenvalue weighted by Gasteiger charge is 2.17. The summed E-state index contributed by atoms with van der Waals surface area (Å²) in [6, 6.07) is -0.858. The minimum Gasteiger partial charge on any atom is -0.370 e. The monoisotopic (exact) mass is 328 g/mol. The van der Waals surface area contributed by atoms with Crippen LogP contribution in [-0.4, -0.2) is 49.1 Å². The van der Waals surface area contributed by atoms with E-state index < -0.39 is 17.9 Å². The van der Waals surface area contributed by atoms with Gasteiger partial charge in [0.05, 0.1) is 6.54 Å². The van der Waals surface area contributed by atoms with Gasteiger partial charge in [0, 0.05) is 19.4 Å². The molecular formula is C13H24N6O4. The van der Waals surface area contributed by atoms with Crippen LogP contribution in [0.1, 0.15) is 32.1 Å². The second-order valence-corrected chi connectivity index (χ2v) is 4.81. The van der Waals surface area contributed by atoms with Crippen molar-refractivity contribution in [2.24, 2.45) is 22.2 Å². The molecule has 1 atom stereocenters. The molecule has 0 aromatic carbocycles. The van der Waals surface area contributed by atoms with E-state index in [0.717, 1.165) is 6.29 Å². The quantitative estimate of drug-likeness (QED) is 0.114. The molecule has 0 aliphatic rings. The zero-order chi connectivity index (χ0) is 17.7. The van der Waals surface area contributed by atoms with Crippen LogP contribution in [0.2, 0.25) is 0 Å². The molecule has 0 aliphatic carbocycles. The number of amides is 3. The van der Waals surface area contributed by atoms with Gasteiger partial charge in [0.15, 0.2) is 5.96 Å². The number of guanidine groups is 1. The molecule has 3 amide bonds. The second-order valence-electron chi connectivity index (χ2n) is 4.81. The highest BCUT2D eigenvalue weighted by Crippen LogP contribution is 1.98. The molecule has 0 fully saturated rings. The Balaban J connectivity index is 4.09. The summed E-state index contributed by atoms with van der Waals surface area (Å²) >= 11 is 0. The smallest absolute Gasteiger partial charge is 0.240 e. The van der Waals surface area contributed by atoms with E-state index in [1.54, 1.807) is 0 Å². The predicted molar refractivity (Wildman–Crippen MR) is 84.0 cm³/mol. The number of rotatable bonds is 12. The van der Waals surface area contributed by atoms with Crippen LogP contribution < -0.4 is 27.8 Å². The molecule has 23 heavy (non-hydrogen) atoms. The molecule has 0 aromatic rings. The Morgan fingerprint density at radius 2 is 1.78 bits per heavy atom. The van der Waals surface area contributed by atoms with Gasteiger partial charge in [-0.1, -0.05) is 0 Å². The first kappa shape index (κ1) is 20.3. The van der Waals surface area contributed by atoms with Gasteiger partial charge in [-0.05, 0) is 19.3 Å². The van der Waals surface area contributed by atoms with Crippen LogP contribution in [0.4, 0.5) is 0 Å². The van der Waals surface area contributed by atoms with E-state index in [1.165, 1.54) is 0 Å². The van der Waals surface area contributed by atoms with Crippen LogP contribution in [0.3, 0.4) is 0 Å². The number of primary amides is 1. The molecule has 0 heterocycles. The molecule has 0 spiro atoms. The van der Waals surface area contributed by atoms with Gasteiger partial charge in [-0.15, -0.1) is 0 Å². The molecule has 0 saturated heterocycles. The summed E-state index contributed by atoms with van der Waals surface area (Å²) in [5, 5.41) is 4.83. The van der Waals surface area contributed by atoms with Gasteiger partial charge >= 0.3 is 0 Å². The molecule has 0 saturated carbocycles. The van der Waals surface area contributed by atoms with Crippen molar-refractivity contribution in [3.63, 3.8) is 0 Å². The summed E-state index contributed by atoms with van der Waals surface area (Å²) in [4.78, 5) is 48.2. The van der Waals surface area contributed by atoms with Crippen molar-refractivity contribution < 1.29 is 19.2 Å².